The van der Waals surface area contributed by atoms with Crippen molar-refractivity contribution in [2.24, 2.45) is 0 Å². The Bertz CT molecular complexity index is 589. The molecule has 0 aliphatic heterocycles. The lowest BCUT2D eigenvalue weighted by Gasteiger charge is -2.03. The number of benzene rings is 1. The minimum atomic E-state index is -0.201. The maximum atomic E-state index is 12.9. The summed E-state index contributed by atoms with van der Waals surface area (Å²) in [5.74, 6) is -0.201. The van der Waals surface area contributed by atoms with Crippen LogP contribution in [0.3, 0.4) is 0 Å². The summed E-state index contributed by atoms with van der Waals surface area (Å²) < 4.78 is 17.9. The van der Waals surface area contributed by atoms with Gasteiger partial charge in [0.25, 0.3) is 0 Å². The van der Waals surface area contributed by atoms with E-state index in [4.69, 9.17) is 4.74 Å². The molecule has 1 heterocycles. The van der Waals surface area contributed by atoms with Gasteiger partial charge in [-0.25, -0.2) is 4.39 Å². The zero-order valence-electron chi connectivity index (χ0n) is 12.4. The molecule has 0 aliphatic carbocycles. The lowest BCUT2D eigenvalue weighted by atomic mass is 10.2. The van der Waals surface area contributed by atoms with Gasteiger partial charge in [-0.05, 0) is 42.8 Å². The lowest BCUT2D eigenvalue weighted by molar-refractivity contribution is 0.200. The second-order valence-corrected chi connectivity index (χ2v) is 5.98. The Morgan fingerprint density at radius 1 is 1.24 bits per heavy atom. The van der Waals surface area contributed by atoms with E-state index < -0.39 is 0 Å². The van der Waals surface area contributed by atoms with Crippen LogP contribution in [0.4, 0.5) is 4.39 Å². The third kappa shape index (κ3) is 5.08. The lowest BCUT2D eigenvalue weighted by Crippen LogP contribution is -2.20. The maximum Gasteiger partial charge on any atom is 0.123 e. The van der Waals surface area contributed by atoms with Crippen molar-refractivity contribution < 1.29 is 9.13 Å². The van der Waals surface area contributed by atoms with Crippen molar-refractivity contribution >= 4 is 17.4 Å². The van der Waals surface area contributed by atoms with E-state index in [9.17, 15) is 4.39 Å². The number of halogens is 1. The molecule has 0 amide bonds. The minimum Gasteiger partial charge on any atom is -0.383 e. The monoisotopic (exact) mass is 305 g/mol. The van der Waals surface area contributed by atoms with Gasteiger partial charge in [0.15, 0.2) is 0 Å². The molecule has 0 fully saturated rings. The summed E-state index contributed by atoms with van der Waals surface area (Å²) >= 11 is 1.71. The van der Waals surface area contributed by atoms with Gasteiger partial charge in [0.1, 0.15) is 5.82 Å². The average Bonchev–Trinajstić information content (AvgIpc) is 2.93. The molecule has 1 N–H and O–H groups in total. The number of ether oxygens (including phenoxy) is 1. The van der Waals surface area contributed by atoms with E-state index in [0.29, 0.717) is 0 Å². The van der Waals surface area contributed by atoms with Crippen LogP contribution < -0.4 is 5.32 Å². The van der Waals surface area contributed by atoms with E-state index in [1.807, 2.05) is 12.1 Å². The van der Waals surface area contributed by atoms with Crippen LogP contribution in [-0.4, -0.2) is 26.8 Å². The molecular formula is C17H20FNOS. The molecule has 0 saturated heterocycles. The van der Waals surface area contributed by atoms with Gasteiger partial charge in [-0.15, -0.1) is 11.3 Å². The van der Waals surface area contributed by atoms with E-state index in [1.54, 1.807) is 18.4 Å². The van der Waals surface area contributed by atoms with Crippen molar-refractivity contribution in [3.8, 4) is 10.4 Å². The number of hydrogen-bond donors (Lipinski definition) is 1. The summed E-state index contributed by atoms with van der Waals surface area (Å²) in [5, 5.41) is 3.32. The van der Waals surface area contributed by atoms with Gasteiger partial charge in [-0.3, -0.25) is 0 Å². The SMILES string of the molecule is COCCNCC(C)=Cc1ccc(-c2ccc(F)cc2)s1. The first-order valence-electron chi connectivity index (χ1n) is 6.91. The molecule has 112 valence electrons. The quantitative estimate of drug-likeness (QED) is 0.774. The third-order valence-corrected chi connectivity index (χ3v) is 4.11. The fourth-order valence-corrected chi connectivity index (χ4v) is 2.99. The van der Waals surface area contributed by atoms with E-state index in [2.05, 4.69) is 30.4 Å². The Hall–Kier alpha value is -1.49. The Labute approximate surface area is 129 Å². The normalized spacial score (nSPS) is 11.9. The number of nitrogens with one attached hydrogen (secondary N) is 1. The molecule has 2 aromatic rings. The highest BCUT2D eigenvalue weighted by atomic mass is 32.1. The van der Waals surface area contributed by atoms with Crippen LogP contribution in [0.5, 0.6) is 0 Å². The second-order valence-electron chi connectivity index (χ2n) is 4.87. The van der Waals surface area contributed by atoms with Gasteiger partial charge in [0, 0.05) is 30.0 Å². The molecular weight excluding hydrogens is 285 g/mol. The molecule has 0 atom stereocenters. The summed E-state index contributed by atoms with van der Waals surface area (Å²) in [6, 6.07) is 10.8. The molecule has 0 bridgehead atoms. The smallest absolute Gasteiger partial charge is 0.123 e. The first-order chi connectivity index (χ1) is 10.2. The number of rotatable bonds is 7. The Balaban J connectivity index is 1.97. The molecule has 0 saturated carbocycles. The Morgan fingerprint density at radius 2 is 2.00 bits per heavy atom. The summed E-state index contributed by atoms with van der Waals surface area (Å²) in [6.45, 7) is 4.54. The zero-order chi connectivity index (χ0) is 15.1. The molecule has 21 heavy (non-hydrogen) atoms. The van der Waals surface area contributed by atoms with Crippen LogP contribution >= 0.6 is 11.3 Å². The number of methoxy groups -OCH3 is 1. The largest absolute Gasteiger partial charge is 0.383 e. The molecule has 0 spiro atoms. The standard InChI is InChI=1S/C17H20FNOS/c1-13(12-19-9-10-20-2)11-16-7-8-17(21-16)14-3-5-15(18)6-4-14/h3-8,11,19H,9-10,12H2,1-2H3. The van der Waals surface area contributed by atoms with Crippen LogP contribution in [0.15, 0.2) is 42.0 Å². The second kappa shape index (κ2) is 8.08. The van der Waals surface area contributed by atoms with Crippen molar-refractivity contribution in [1.82, 2.24) is 5.32 Å². The Kier molecular flexibility index (Phi) is 6.11. The highest BCUT2D eigenvalue weighted by Gasteiger charge is 2.02. The van der Waals surface area contributed by atoms with E-state index in [1.165, 1.54) is 22.6 Å². The molecule has 0 unspecified atom stereocenters. The fraction of sp³-hybridized carbons (Fsp3) is 0.294. The summed E-state index contributed by atoms with van der Waals surface area (Å²) in [7, 11) is 1.70. The molecule has 2 rings (SSSR count). The average molecular weight is 305 g/mol. The summed E-state index contributed by atoms with van der Waals surface area (Å²) in [5.41, 5.74) is 2.33. The molecule has 0 radical (unpaired) electrons. The highest BCUT2D eigenvalue weighted by Crippen LogP contribution is 2.29. The fourth-order valence-electron chi connectivity index (χ4n) is 1.95. The summed E-state index contributed by atoms with van der Waals surface area (Å²) in [6.07, 6.45) is 2.18. The van der Waals surface area contributed by atoms with Crippen LogP contribution in [0.1, 0.15) is 11.8 Å². The summed E-state index contributed by atoms with van der Waals surface area (Å²) in [4.78, 5) is 2.36. The predicted molar refractivity (Wildman–Crippen MR) is 88.1 cm³/mol. The molecule has 1 aromatic heterocycles. The van der Waals surface area contributed by atoms with Gasteiger partial charge in [-0.1, -0.05) is 17.7 Å². The van der Waals surface area contributed by atoms with Gasteiger partial charge < -0.3 is 10.1 Å². The van der Waals surface area contributed by atoms with Crippen LogP contribution in [-0.2, 0) is 4.74 Å². The zero-order valence-corrected chi connectivity index (χ0v) is 13.2. The maximum absolute atomic E-state index is 12.9. The molecule has 2 nitrogen and oxygen atoms in total. The van der Waals surface area contributed by atoms with Gasteiger partial charge >= 0.3 is 0 Å². The topological polar surface area (TPSA) is 21.3 Å². The number of thiophene rings is 1. The molecule has 1 aromatic carbocycles. The van der Waals surface area contributed by atoms with Gasteiger partial charge in [0.05, 0.1) is 6.61 Å². The first kappa shape index (κ1) is 15.9. The third-order valence-electron chi connectivity index (χ3n) is 3.03. The van der Waals surface area contributed by atoms with Crippen LogP contribution in [0, 0.1) is 5.82 Å². The van der Waals surface area contributed by atoms with Crippen molar-refractivity contribution in [2.75, 3.05) is 26.8 Å². The highest BCUT2D eigenvalue weighted by molar-refractivity contribution is 7.16. The first-order valence-corrected chi connectivity index (χ1v) is 7.73. The van der Waals surface area contributed by atoms with Crippen molar-refractivity contribution in [3.05, 3.63) is 52.7 Å². The number of hydrogen-bond acceptors (Lipinski definition) is 3. The molecule has 4 heteroatoms. The van der Waals surface area contributed by atoms with Crippen molar-refractivity contribution in [1.29, 1.82) is 0 Å². The predicted octanol–water partition coefficient (Wildman–Crippen LogP) is 4.19. The van der Waals surface area contributed by atoms with Crippen molar-refractivity contribution in [3.63, 3.8) is 0 Å². The van der Waals surface area contributed by atoms with Crippen molar-refractivity contribution in [2.45, 2.75) is 6.92 Å². The van der Waals surface area contributed by atoms with E-state index in [-0.39, 0.29) is 5.82 Å². The van der Waals surface area contributed by atoms with Gasteiger partial charge in [-0.2, -0.15) is 0 Å². The molecule has 0 aliphatic rings. The van der Waals surface area contributed by atoms with Crippen LogP contribution in [0.25, 0.3) is 16.5 Å². The Morgan fingerprint density at radius 3 is 2.71 bits per heavy atom. The van der Waals surface area contributed by atoms with Gasteiger partial charge in [0.2, 0.25) is 0 Å². The van der Waals surface area contributed by atoms with E-state index in [0.717, 1.165) is 30.1 Å². The van der Waals surface area contributed by atoms with Crippen LogP contribution in [0.2, 0.25) is 0 Å². The minimum absolute atomic E-state index is 0.201. The van der Waals surface area contributed by atoms with E-state index >= 15 is 0 Å².